The number of rotatable bonds is 10. The Morgan fingerprint density at radius 1 is 0.562 bits per heavy atom. The third kappa shape index (κ3) is 12.4. The molecule has 0 bridgehead atoms. The fourth-order valence-electron chi connectivity index (χ4n) is 9.34. The van der Waals surface area contributed by atoms with Crippen molar-refractivity contribution in [1.82, 2.24) is 0 Å². The van der Waals surface area contributed by atoms with Crippen molar-refractivity contribution in [3.8, 4) is 33.4 Å². The van der Waals surface area contributed by atoms with Crippen LogP contribution < -0.4 is 10.4 Å². The molecule has 1 aliphatic rings. The molecule has 64 heavy (non-hydrogen) atoms. The van der Waals surface area contributed by atoms with E-state index in [0.29, 0.717) is 11.8 Å². The average Bonchev–Trinajstić information content (AvgIpc) is 3.99. The zero-order valence-electron chi connectivity index (χ0n) is 39.8. The third-order valence-corrected chi connectivity index (χ3v) is 13.6. The van der Waals surface area contributed by atoms with Gasteiger partial charge in [-0.25, -0.2) is 0 Å². The molecule has 1 aliphatic heterocycles. The van der Waals surface area contributed by atoms with Crippen molar-refractivity contribution >= 4 is 58.5 Å². The number of unbranched alkanes of at least 4 members (excludes halogenated alkanes) is 2. The monoisotopic (exact) mass is 973 g/mol. The van der Waals surface area contributed by atoms with Gasteiger partial charge in [0.15, 0.2) is 0 Å². The minimum atomic E-state index is -0.826. The van der Waals surface area contributed by atoms with Gasteiger partial charge in [-0.05, 0) is 63.5 Å². The molecular formula is C60H65Cl2SiZr-3. The first kappa shape index (κ1) is 49.6. The van der Waals surface area contributed by atoms with E-state index >= 15 is 0 Å². The molecule has 0 saturated carbocycles. The maximum Gasteiger partial charge on any atom is 0.0920 e. The second-order valence-corrected chi connectivity index (χ2v) is 23.3. The summed E-state index contributed by atoms with van der Waals surface area (Å²) in [7, 11) is 10.7. The number of halogens is 2. The SMILES string of the molecule is CCCCc1cc2c(-c3cc(C)cc(C)c3)c(C(C)C)ccc2[cH-]1.CCCCc1cc2c(-c3cc(C)cc(C)c3)c(C(C)C)ccc2[cH-]1.[Cl][Zr][Cl].[c-]1cccc2c1[Si]c1ccccc1-2. The Hall–Kier alpha value is -3.78. The van der Waals surface area contributed by atoms with Gasteiger partial charge in [0.25, 0.3) is 0 Å². The van der Waals surface area contributed by atoms with Crippen LogP contribution >= 0.6 is 17.0 Å². The number of hydrogen-bond donors (Lipinski definition) is 0. The van der Waals surface area contributed by atoms with E-state index in [1.54, 1.807) is 0 Å². The standard InChI is InChI=1S/2C24H29.C12H7Si.2ClH.Zr/c2*1-6-7-8-19-14-20-9-10-22(16(2)3)24(23(20)15-19)21-12-17(4)11-18(5)13-21;1-3-7-11-9(5-1)10-6-2-4-8-12(10)13-11;;;/h2*9-16H,6-8H2,1-5H3;1-7H;2*1H;/q3*-1;;;+2/p-2. The van der Waals surface area contributed by atoms with Crippen LogP contribution in [0.2, 0.25) is 0 Å². The summed E-state index contributed by atoms with van der Waals surface area (Å²) in [5.41, 5.74) is 19.6. The Bertz CT molecular complexity index is 2550. The largest absolute Gasteiger partial charge is 0.184 e. The molecule has 0 nitrogen and oxygen atoms in total. The molecule has 1 heterocycles. The molecule has 0 aromatic heterocycles. The first-order chi connectivity index (χ1) is 30.8. The van der Waals surface area contributed by atoms with Crippen molar-refractivity contribution in [2.45, 2.75) is 120 Å². The Labute approximate surface area is 407 Å². The Balaban J connectivity index is 0.000000160. The van der Waals surface area contributed by atoms with E-state index in [-0.39, 0.29) is 0 Å². The summed E-state index contributed by atoms with van der Waals surface area (Å²) in [6, 6.07) is 51.0. The first-order valence-electron chi connectivity index (χ1n) is 23.3. The van der Waals surface area contributed by atoms with Crippen LogP contribution in [0, 0.1) is 33.8 Å². The molecular weight excluding hydrogens is 911 g/mol. The predicted molar refractivity (Wildman–Crippen MR) is 282 cm³/mol. The summed E-state index contributed by atoms with van der Waals surface area (Å²) >= 11 is -0.826. The van der Waals surface area contributed by atoms with E-state index in [9.17, 15) is 0 Å². The van der Waals surface area contributed by atoms with Crippen LogP contribution in [-0.4, -0.2) is 9.52 Å². The summed E-state index contributed by atoms with van der Waals surface area (Å²) in [4.78, 5) is 0. The molecule has 0 atom stereocenters. The molecule has 330 valence electrons. The predicted octanol–water partition coefficient (Wildman–Crippen LogP) is 17.1. The number of fused-ring (bicyclic) bond motifs is 5. The second-order valence-electron chi connectivity index (χ2n) is 18.3. The number of aryl methyl sites for hydroxylation is 6. The van der Waals surface area contributed by atoms with Crippen LogP contribution in [0.5, 0.6) is 0 Å². The summed E-state index contributed by atoms with van der Waals surface area (Å²) in [5, 5.41) is 8.46. The van der Waals surface area contributed by atoms with Crippen LogP contribution in [0.25, 0.3) is 54.9 Å². The van der Waals surface area contributed by atoms with Gasteiger partial charge in [-0.1, -0.05) is 183 Å². The zero-order chi connectivity index (χ0) is 45.9. The van der Waals surface area contributed by atoms with Gasteiger partial charge >= 0.3 is 37.9 Å². The Kier molecular flexibility index (Phi) is 18.3. The molecule has 0 saturated heterocycles. The van der Waals surface area contributed by atoms with Crippen LogP contribution in [0.1, 0.15) is 124 Å². The smallest absolute Gasteiger partial charge is 0.0920 e. The van der Waals surface area contributed by atoms with Gasteiger partial charge in [-0.15, -0.1) is 74.6 Å². The van der Waals surface area contributed by atoms with E-state index in [2.05, 4.69) is 197 Å². The fraction of sp³-hybridized carbons (Fsp3) is 0.300. The van der Waals surface area contributed by atoms with Crippen molar-refractivity contribution in [1.29, 1.82) is 0 Å². The van der Waals surface area contributed by atoms with E-state index < -0.39 is 20.8 Å². The molecule has 8 aromatic carbocycles. The van der Waals surface area contributed by atoms with Crippen LogP contribution in [0.15, 0.2) is 127 Å². The van der Waals surface area contributed by atoms with Crippen molar-refractivity contribution in [2.24, 2.45) is 0 Å². The maximum atomic E-state index is 4.93. The zero-order valence-corrected chi connectivity index (χ0v) is 44.7. The van der Waals surface area contributed by atoms with Gasteiger partial charge < -0.3 is 0 Å². The van der Waals surface area contributed by atoms with Crippen molar-refractivity contribution in [2.75, 3.05) is 0 Å². The molecule has 0 amide bonds. The molecule has 2 radical (unpaired) electrons. The van der Waals surface area contributed by atoms with Gasteiger partial charge in [-0.3, -0.25) is 0 Å². The Morgan fingerprint density at radius 3 is 1.44 bits per heavy atom. The Morgan fingerprint density at radius 2 is 1.00 bits per heavy atom. The van der Waals surface area contributed by atoms with Crippen molar-refractivity contribution < 1.29 is 20.8 Å². The third-order valence-electron chi connectivity index (χ3n) is 12.2. The van der Waals surface area contributed by atoms with Gasteiger partial charge in [0.2, 0.25) is 0 Å². The normalized spacial score (nSPS) is 11.4. The average molecular weight is 976 g/mol. The summed E-state index contributed by atoms with van der Waals surface area (Å²) in [6.45, 7) is 22.5. The number of benzene rings is 6. The van der Waals surface area contributed by atoms with Gasteiger partial charge in [0.1, 0.15) is 0 Å². The van der Waals surface area contributed by atoms with Gasteiger partial charge in [0.05, 0.1) is 9.52 Å². The van der Waals surface area contributed by atoms with Gasteiger partial charge in [0, 0.05) is 0 Å². The van der Waals surface area contributed by atoms with Crippen LogP contribution in [0.4, 0.5) is 0 Å². The molecule has 0 unspecified atom stereocenters. The molecule has 0 aliphatic carbocycles. The molecule has 9 rings (SSSR count). The fourth-order valence-corrected chi connectivity index (χ4v) is 10.7. The minimum Gasteiger partial charge on any atom is -0.184 e. The van der Waals surface area contributed by atoms with E-state index in [1.807, 2.05) is 6.07 Å². The molecule has 0 fully saturated rings. The summed E-state index contributed by atoms with van der Waals surface area (Å²) < 4.78 is 0. The van der Waals surface area contributed by atoms with Crippen molar-refractivity contribution in [3.05, 3.63) is 178 Å². The van der Waals surface area contributed by atoms with E-state index in [1.165, 1.54) is 148 Å². The topological polar surface area (TPSA) is 0 Å². The molecule has 0 spiro atoms. The van der Waals surface area contributed by atoms with Gasteiger partial charge in [-0.2, -0.15) is 41.6 Å². The maximum absolute atomic E-state index is 4.93. The van der Waals surface area contributed by atoms with Crippen molar-refractivity contribution in [3.63, 3.8) is 0 Å². The summed E-state index contributed by atoms with van der Waals surface area (Å²) in [5.74, 6) is 1.05. The van der Waals surface area contributed by atoms with Crippen LogP contribution in [0.3, 0.4) is 0 Å². The second kappa shape index (κ2) is 23.6. The number of hydrogen-bond acceptors (Lipinski definition) is 0. The molecule has 0 N–H and O–H groups in total. The first-order valence-corrected chi connectivity index (χ1v) is 30.6. The van der Waals surface area contributed by atoms with Crippen LogP contribution in [-0.2, 0) is 33.7 Å². The summed E-state index contributed by atoms with van der Waals surface area (Å²) in [6.07, 6.45) is 7.42. The van der Waals surface area contributed by atoms with E-state index in [0.717, 1.165) is 9.52 Å². The quantitative estimate of drug-likeness (QED) is 0.0946. The van der Waals surface area contributed by atoms with E-state index in [4.69, 9.17) is 17.0 Å². The minimum absolute atomic E-state index is 0.527. The molecule has 8 aromatic rings. The molecule has 4 heteroatoms.